The first-order valence-corrected chi connectivity index (χ1v) is 10.9. The number of thiazole rings is 1. The Morgan fingerprint density at radius 3 is 2.69 bits per heavy atom. The topological polar surface area (TPSA) is 83.6 Å². The molecule has 0 radical (unpaired) electrons. The molecule has 1 heterocycles. The maximum absolute atomic E-state index is 12.7. The molecule has 1 saturated carbocycles. The molecule has 3 amide bonds. The van der Waals surface area contributed by atoms with Crippen LogP contribution in [-0.4, -0.2) is 48.1 Å². The van der Waals surface area contributed by atoms with Crippen molar-refractivity contribution >= 4 is 29.0 Å². The van der Waals surface area contributed by atoms with Crippen molar-refractivity contribution in [2.45, 2.75) is 44.7 Å². The second kappa shape index (κ2) is 10.9. The fourth-order valence-corrected chi connectivity index (χ4v) is 4.12. The minimum Gasteiger partial charge on any atom is -0.383 e. The molecule has 7 nitrogen and oxygen atoms in total. The van der Waals surface area contributed by atoms with Crippen LogP contribution in [-0.2, 0) is 11.3 Å². The third kappa shape index (κ3) is 6.54. The summed E-state index contributed by atoms with van der Waals surface area (Å²) in [4.78, 5) is 31.3. The Labute approximate surface area is 175 Å². The number of anilines is 1. The average Bonchev–Trinajstić information content (AvgIpc) is 3.21. The van der Waals surface area contributed by atoms with Gasteiger partial charge in [0.1, 0.15) is 10.7 Å². The van der Waals surface area contributed by atoms with Crippen LogP contribution in [0.15, 0.2) is 35.7 Å². The predicted molar refractivity (Wildman–Crippen MR) is 114 cm³/mol. The molecule has 1 aromatic carbocycles. The molecule has 0 atom stereocenters. The number of para-hydroxylation sites is 1. The molecule has 0 aliphatic heterocycles. The molecule has 2 N–H and O–H groups in total. The van der Waals surface area contributed by atoms with Gasteiger partial charge in [0, 0.05) is 30.8 Å². The van der Waals surface area contributed by atoms with Gasteiger partial charge in [-0.25, -0.2) is 9.78 Å². The monoisotopic (exact) mass is 416 g/mol. The summed E-state index contributed by atoms with van der Waals surface area (Å²) >= 11 is 1.39. The minimum atomic E-state index is -0.225. The quantitative estimate of drug-likeness (QED) is 0.684. The number of nitrogens with one attached hydrogen (secondary N) is 2. The summed E-state index contributed by atoms with van der Waals surface area (Å²) in [7, 11) is 1.60. The average molecular weight is 417 g/mol. The van der Waals surface area contributed by atoms with E-state index in [4.69, 9.17) is 4.74 Å². The van der Waals surface area contributed by atoms with E-state index in [1.807, 2.05) is 30.3 Å². The number of carbonyl (C=O) groups is 2. The van der Waals surface area contributed by atoms with Crippen LogP contribution in [0.5, 0.6) is 0 Å². The molecule has 1 fully saturated rings. The number of nitrogens with zero attached hydrogens (tertiary/aromatic N) is 2. The summed E-state index contributed by atoms with van der Waals surface area (Å²) in [5, 5.41) is 8.45. The zero-order chi connectivity index (χ0) is 20.5. The van der Waals surface area contributed by atoms with Crippen molar-refractivity contribution in [2.75, 3.05) is 25.6 Å². The SMILES string of the molecule is COCCN(Cc1nc(C(=O)NC2CCCCC2)cs1)C(=O)Nc1ccccc1. The summed E-state index contributed by atoms with van der Waals surface area (Å²) in [6, 6.07) is 9.33. The van der Waals surface area contributed by atoms with Gasteiger partial charge in [-0.05, 0) is 25.0 Å². The van der Waals surface area contributed by atoms with E-state index >= 15 is 0 Å². The Morgan fingerprint density at radius 1 is 1.21 bits per heavy atom. The summed E-state index contributed by atoms with van der Waals surface area (Å²) < 4.78 is 5.14. The molecule has 3 rings (SSSR count). The van der Waals surface area contributed by atoms with Crippen molar-refractivity contribution in [3.05, 3.63) is 46.4 Å². The van der Waals surface area contributed by atoms with Gasteiger partial charge < -0.3 is 20.3 Å². The van der Waals surface area contributed by atoms with Crippen molar-refractivity contribution in [2.24, 2.45) is 0 Å². The van der Waals surface area contributed by atoms with Crippen molar-refractivity contribution in [1.29, 1.82) is 0 Å². The number of hydrogen-bond acceptors (Lipinski definition) is 5. The molecular formula is C21H28N4O3S. The number of carbonyl (C=O) groups excluding carboxylic acids is 2. The maximum Gasteiger partial charge on any atom is 0.322 e. The summed E-state index contributed by atoms with van der Waals surface area (Å²) in [5.74, 6) is -0.128. The van der Waals surface area contributed by atoms with Gasteiger partial charge in [-0.2, -0.15) is 0 Å². The lowest BCUT2D eigenvalue weighted by atomic mass is 9.95. The first kappa shape index (κ1) is 21.3. The fourth-order valence-electron chi connectivity index (χ4n) is 3.34. The lowest BCUT2D eigenvalue weighted by Gasteiger charge is -2.22. The second-order valence-electron chi connectivity index (χ2n) is 7.15. The van der Waals surface area contributed by atoms with Crippen LogP contribution in [0.2, 0.25) is 0 Å². The summed E-state index contributed by atoms with van der Waals surface area (Å²) in [5.41, 5.74) is 1.15. The number of urea groups is 1. The van der Waals surface area contributed by atoms with E-state index < -0.39 is 0 Å². The largest absolute Gasteiger partial charge is 0.383 e. The van der Waals surface area contributed by atoms with Gasteiger partial charge in [0.25, 0.3) is 5.91 Å². The van der Waals surface area contributed by atoms with Crippen LogP contribution in [0.3, 0.4) is 0 Å². The maximum atomic E-state index is 12.7. The zero-order valence-electron chi connectivity index (χ0n) is 16.7. The molecule has 0 unspecified atom stereocenters. The van der Waals surface area contributed by atoms with Gasteiger partial charge in [-0.15, -0.1) is 11.3 Å². The predicted octanol–water partition coefficient (Wildman–Crippen LogP) is 3.89. The van der Waals surface area contributed by atoms with Crippen molar-refractivity contribution < 1.29 is 14.3 Å². The molecule has 1 aromatic heterocycles. The van der Waals surface area contributed by atoms with Crippen LogP contribution in [0.1, 0.15) is 47.6 Å². The number of hydrogen-bond donors (Lipinski definition) is 2. The zero-order valence-corrected chi connectivity index (χ0v) is 17.5. The molecule has 0 spiro atoms. The molecule has 1 aliphatic carbocycles. The van der Waals surface area contributed by atoms with E-state index in [-0.39, 0.29) is 18.0 Å². The van der Waals surface area contributed by atoms with E-state index in [9.17, 15) is 9.59 Å². The lowest BCUT2D eigenvalue weighted by Crippen LogP contribution is -2.37. The smallest absolute Gasteiger partial charge is 0.322 e. The van der Waals surface area contributed by atoms with Crippen LogP contribution in [0, 0.1) is 0 Å². The number of rotatable bonds is 8. The van der Waals surface area contributed by atoms with Crippen LogP contribution in [0.25, 0.3) is 0 Å². The second-order valence-corrected chi connectivity index (χ2v) is 8.09. The Morgan fingerprint density at radius 2 is 1.97 bits per heavy atom. The molecule has 29 heavy (non-hydrogen) atoms. The van der Waals surface area contributed by atoms with Crippen molar-refractivity contribution in [3.8, 4) is 0 Å². The van der Waals surface area contributed by atoms with Crippen LogP contribution >= 0.6 is 11.3 Å². The van der Waals surface area contributed by atoms with Crippen molar-refractivity contribution in [1.82, 2.24) is 15.2 Å². The van der Waals surface area contributed by atoms with Crippen LogP contribution in [0.4, 0.5) is 10.5 Å². The normalized spacial score (nSPS) is 14.4. The number of benzene rings is 1. The van der Waals surface area contributed by atoms with Gasteiger partial charge >= 0.3 is 6.03 Å². The highest BCUT2D eigenvalue weighted by atomic mass is 32.1. The molecule has 0 bridgehead atoms. The number of methoxy groups -OCH3 is 1. The van der Waals surface area contributed by atoms with Gasteiger partial charge in [0.05, 0.1) is 13.2 Å². The highest BCUT2D eigenvalue weighted by Gasteiger charge is 2.20. The standard InChI is InChI=1S/C21H28N4O3S/c1-28-13-12-25(21(27)23-17-10-6-3-7-11-17)14-19-24-18(15-29-19)20(26)22-16-8-4-2-5-9-16/h3,6-7,10-11,15-16H,2,4-5,8-9,12-14H2,1H3,(H,22,26)(H,23,27). The summed E-state index contributed by atoms with van der Waals surface area (Å²) in [6.45, 7) is 1.17. The first-order valence-electron chi connectivity index (χ1n) is 10.0. The van der Waals surface area contributed by atoms with E-state index in [1.165, 1.54) is 17.8 Å². The van der Waals surface area contributed by atoms with Crippen LogP contribution < -0.4 is 10.6 Å². The van der Waals surface area contributed by atoms with E-state index in [2.05, 4.69) is 15.6 Å². The van der Waals surface area contributed by atoms with E-state index in [0.29, 0.717) is 25.4 Å². The third-order valence-electron chi connectivity index (χ3n) is 4.93. The third-order valence-corrected chi connectivity index (χ3v) is 5.76. The molecular weight excluding hydrogens is 388 g/mol. The van der Waals surface area contributed by atoms with Gasteiger partial charge in [0.2, 0.25) is 0 Å². The Hall–Kier alpha value is -2.45. The highest BCUT2D eigenvalue weighted by Crippen LogP contribution is 2.19. The molecule has 156 valence electrons. The van der Waals surface area contributed by atoms with Gasteiger partial charge in [-0.3, -0.25) is 4.79 Å². The van der Waals surface area contributed by atoms with E-state index in [0.717, 1.165) is 36.4 Å². The lowest BCUT2D eigenvalue weighted by molar-refractivity contribution is 0.0923. The molecule has 2 aromatic rings. The Bertz CT molecular complexity index is 790. The van der Waals surface area contributed by atoms with Gasteiger partial charge in [0.15, 0.2) is 0 Å². The molecule has 0 saturated heterocycles. The fraction of sp³-hybridized carbons (Fsp3) is 0.476. The highest BCUT2D eigenvalue weighted by molar-refractivity contribution is 7.09. The number of amides is 3. The number of ether oxygens (including phenoxy) is 1. The minimum absolute atomic E-state index is 0.128. The summed E-state index contributed by atoms with van der Waals surface area (Å²) in [6.07, 6.45) is 5.65. The Balaban J connectivity index is 1.60. The molecule has 1 aliphatic rings. The first-order chi connectivity index (χ1) is 14.2. The molecule has 8 heteroatoms. The van der Waals surface area contributed by atoms with E-state index in [1.54, 1.807) is 17.4 Å². The Kier molecular flexibility index (Phi) is 8.01. The van der Waals surface area contributed by atoms with Crippen molar-refractivity contribution in [3.63, 3.8) is 0 Å². The number of aromatic nitrogens is 1. The van der Waals surface area contributed by atoms with Gasteiger partial charge in [-0.1, -0.05) is 37.5 Å².